The van der Waals surface area contributed by atoms with Gasteiger partial charge in [-0.2, -0.15) is 11.8 Å². The fourth-order valence-corrected chi connectivity index (χ4v) is 2.17. The van der Waals surface area contributed by atoms with Crippen LogP contribution in [0.25, 0.3) is 0 Å². The molecule has 1 aromatic rings. The lowest BCUT2D eigenvalue weighted by Gasteiger charge is -2.15. The van der Waals surface area contributed by atoms with E-state index in [1.54, 1.807) is 11.8 Å². The van der Waals surface area contributed by atoms with E-state index in [9.17, 15) is 0 Å². The Labute approximate surface area is 118 Å². The summed E-state index contributed by atoms with van der Waals surface area (Å²) in [7, 11) is 0. The normalized spacial score (nSPS) is 14.5. The number of benzene rings is 1. The van der Waals surface area contributed by atoms with Gasteiger partial charge >= 0.3 is 0 Å². The summed E-state index contributed by atoms with van der Waals surface area (Å²) in [6, 6.07) is 4.05. The van der Waals surface area contributed by atoms with Crippen LogP contribution in [0.15, 0.2) is 12.1 Å². The van der Waals surface area contributed by atoms with Crippen molar-refractivity contribution >= 4 is 11.8 Å². The molecule has 5 heteroatoms. The van der Waals surface area contributed by atoms with Gasteiger partial charge in [0.15, 0.2) is 11.5 Å². The van der Waals surface area contributed by atoms with Gasteiger partial charge in [-0.1, -0.05) is 6.92 Å². The number of nitrogens with two attached hydrogens (primary N) is 1. The van der Waals surface area contributed by atoms with Gasteiger partial charge in [-0.25, -0.2) is 0 Å². The fraction of sp³-hybridized carbons (Fsp3) is 0.571. The molecular weight excluding hydrogens is 262 g/mol. The number of thioether (sulfide) groups is 1. The predicted octanol–water partition coefficient (Wildman–Crippen LogP) is 2.44. The maximum absolute atomic E-state index is 6.04. The topological polar surface area (TPSA) is 53.7 Å². The second-order valence-electron chi connectivity index (χ2n) is 4.53. The fourth-order valence-electron chi connectivity index (χ4n) is 1.92. The van der Waals surface area contributed by atoms with Crippen LogP contribution in [0.2, 0.25) is 0 Å². The van der Waals surface area contributed by atoms with Gasteiger partial charge in [-0.05, 0) is 30.7 Å². The summed E-state index contributed by atoms with van der Waals surface area (Å²) < 4.78 is 16.6. The van der Waals surface area contributed by atoms with Crippen LogP contribution in [-0.2, 0) is 6.42 Å². The highest BCUT2D eigenvalue weighted by Crippen LogP contribution is 2.38. The minimum Gasteiger partial charge on any atom is -0.492 e. The van der Waals surface area contributed by atoms with Crippen LogP contribution in [0.1, 0.15) is 18.9 Å². The van der Waals surface area contributed by atoms with Crippen molar-refractivity contribution in [3.63, 3.8) is 0 Å². The second kappa shape index (κ2) is 6.91. The molecular formula is C14H21NO3S. The van der Waals surface area contributed by atoms with Crippen LogP contribution < -0.4 is 19.9 Å². The monoisotopic (exact) mass is 283 g/mol. The van der Waals surface area contributed by atoms with Crippen molar-refractivity contribution in [2.45, 2.75) is 25.8 Å². The summed E-state index contributed by atoms with van der Waals surface area (Å²) in [4.78, 5) is 0. The van der Waals surface area contributed by atoms with E-state index in [0.717, 1.165) is 41.4 Å². The molecule has 1 atom stereocenters. The summed E-state index contributed by atoms with van der Waals surface area (Å²) in [5.74, 6) is 3.37. The molecule has 0 aliphatic carbocycles. The van der Waals surface area contributed by atoms with Gasteiger partial charge in [0.25, 0.3) is 0 Å². The molecule has 2 rings (SSSR count). The smallest absolute Gasteiger partial charge is 0.231 e. The summed E-state index contributed by atoms with van der Waals surface area (Å²) in [6.07, 6.45) is 3.80. The molecule has 1 aliphatic heterocycles. The number of hydrogen-bond donors (Lipinski definition) is 1. The molecule has 0 spiro atoms. The lowest BCUT2D eigenvalue weighted by atomic mass is 10.0. The van der Waals surface area contributed by atoms with Gasteiger partial charge in [0.2, 0.25) is 6.79 Å². The second-order valence-corrected chi connectivity index (χ2v) is 5.51. The van der Waals surface area contributed by atoms with Crippen molar-refractivity contribution < 1.29 is 14.2 Å². The first-order valence-electron chi connectivity index (χ1n) is 6.54. The summed E-state index contributed by atoms with van der Waals surface area (Å²) >= 11 is 1.76. The van der Waals surface area contributed by atoms with Crippen LogP contribution in [-0.4, -0.2) is 31.5 Å². The van der Waals surface area contributed by atoms with E-state index in [4.69, 9.17) is 19.9 Å². The van der Waals surface area contributed by atoms with E-state index < -0.39 is 0 Å². The minimum atomic E-state index is 0.142. The van der Waals surface area contributed by atoms with Crippen molar-refractivity contribution in [2.24, 2.45) is 5.73 Å². The van der Waals surface area contributed by atoms with Crippen molar-refractivity contribution in [3.05, 3.63) is 17.7 Å². The molecule has 0 saturated carbocycles. The SMILES string of the molecule is CCC(N)Cc1cc2c(cc1OCCSC)OCO2. The maximum atomic E-state index is 6.04. The Morgan fingerprint density at radius 2 is 2.11 bits per heavy atom. The van der Waals surface area contributed by atoms with E-state index in [2.05, 4.69) is 13.2 Å². The average molecular weight is 283 g/mol. The Morgan fingerprint density at radius 3 is 2.79 bits per heavy atom. The zero-order chi connectivity index (χ0) is 13.7. The molecule has 1 aliphatic rings. The third kappa shape index (κ3) is 3.70. The van der Waals surface area contributed by atoms with Crippen LogP contribution in [0.5, 0.6) is 17.2 Å². The summed E-state index contributed by atoms with van der Waals surface area (Å²) in [5.41, 5.74) is 7.14. The third-order valence-corrected chi connectivity index (χ3v) is 3.68. The molecule has 0 radical (unpaired) electrons. The van der Waals surface area contributed by atoms with Gasteiger partial charge in [-0.15, -0.1) is 0 Å². The Hall–Kier alpha value is -1.07. The number of ether oxygens (including phenoxy) is 3. The van der Waals surface area contributed by atoms with E-state index in [1.807, 2.05) is 12.1 Å². The standard InChI is InChI=1S/C14H21NO3S/c1-3-11(15)6-10-7-13-14(18-9-17-13)8-12(10)16-4-5-19-2/h7-8,11H,3-6,9,15H2,1-2H3. The van der Waals surface area contributed by atoms with E-state index in [-0.39, 0.29) is 12.8 Å². The molecule has 0 aromatic heterocycles. The number of hydrogen-bond acceptors (Lipinski definition) is 5. The Kier molecular flexibility index (Phi) is 5.22. The number of fused-ring (bicyclic) bond motifs is 1. The Balaban J connectivity index is 2.16. The van der Waals surface area contributed by atoms with Gasteiger partial charge in [0.1, 0.15) is 5.75 Å². The Morgan fingerprint density at radius 1 is 1.37 bits per heavy atom. The molecule has 0 amide bonds. The summed E-state index contributed by atoms with van der Waals surface area (Å²) in [6.45, 7) is 3.06. The average Bonchev–Trinajstić information content (AvgIpc) is 2.86. The maximum Gasteiger partial charge on any atom is 0.231 e. The highest BCUT2D eigenvalue weighted by Gasteiger charge is 2.19. The molecule has 0 fully saturated rings. The van der Waals surface area contributed by atoms with Crippen molar-refractivity contribution in [1.82, 2.24) is 0 Å². The van der Waals surface area contributed by atoms with Crippen LogP contribution in [0.3, 0.4) is 0 Å². The van der Waals surface area contributed by atoms with Crippen molar-refractivity contribution in [2.75, 3.05) is 25.4 Å². The lowest BCUT2D eigenvalue weighted by molar-refractivity contribution is 0.173. The van der Waals surface area contributed by atoms with E-state index in [0.29, 0.717) is 6.61 Å². The van der Waals surface area contributed by atoms with E-state index in [1.165, 1.54) is 0 Å². The van der Waals surface area contributed by atoms with Crippen LogP contribution in [0, 0.1) is 0 Å². The third-order valence-electron chi connectivity index (χ3n) is 3.11. The van der Waals surface area contributed by atoms with Crippen molar-refractivity contribution in [3.8, 4) is 17.2 Å². The predicted molar refractivity (Wildman–Crippen MR) is 78.4 cm³/mol. The molecule has 19 heavy (non-hydrogen) atoms. The molecule has 0 bridgehead atoms. The molecule has 2 N–H and O–H groups in total. The molecule has 1 unspecified atom stereocenters. The molecule has 4 nitrogen and oxygen atoms in total. The Bertz CT molecular complexity index is 425. The number of rotatable bonds is 7. The van der Waals surface area contributed by atoms with E-state index >= 15 is 0 Å². The molecule has 1 aromatic carbocycles. The first-order valence-corrected chi connectivity index (χ1v) is 7.93. The first kappa shape index (κ1) is 14.3. The summed E-state index contributed by atoms with van der Waals surface area (Å²) in [5, 5.41) is 0. The minimum absolute atomic E-state index is 0.142. The highest BCUT2D eigenvalue weighted by molar-refractivity contribution is 7.98. The zero-order valence-electron chi connectivity index (χ0n) is 11.5. The first-order chi connectivity index (χ1) is 9.24. The largest absolute Gasteiger partial charge is 0.492 e. The van der Waals surface area contributed by atoms with Crippen LogP contribution in [0.4, 0.5) is 0 Å². The molecule has 0 saturated heterocycles. The van der Waals surface area contributed by atoms with Gasteiger partial charge in [0.05, 0.1) is 6.61 Å². The van der Waals surface area contributed by atoms with Gasteiger partial charge in [-0.3, -0.25) is 0 Å². The van der Waals surface area contributed by atoms with Crippen LogP contribution >= 0.6 is 11.8 Å². The zero-order valence-corrected chi connectivity index (χ0v) is 12.3. The lowest BCUT2D eigenvalue weighted by Crippen LogP contribution is -2.21. The quantitative estimate of drug-likeness (QED) is 0.779. The van der Waals surface area contributed by atoms with Crippen molar-refractivity contribution in [1.29, 1.82) is 0 Å². The van der Waals surface area contributed by atoms with Gasteiger partial charge < -0.3 is 19.9 Å². The highest BCUT2D eigenvalue weighted by atomic mass is 32.2. The molecule has 106 valence electrons. The van der Waals surface area contributed by atoms with Gasteiger partial charge in [0, 0.05) is 17.9 Å². The molecule has 1 heterocycles.